The van der Waals surface area contributed by atoms with Gasteiger partial charge in [0, 0.05) is 19.2 Å². The van der Waals surface area contributed by atoms with Crippen LogP contribution in [-0.2, 0) is 16.6 Å². The molecular weight excluding hydrogens is 352 g/mol. The molecule has 0 atom stereocenters. The Kier molecular flexibility index (Phi) is 6.26. The molecule has 0 aliphatic heterocycles. The van der Waals surface area contributed by atoms with Crippen molar-refractivity contribution in [3.8, 4) is 5.75 Å². The summed E-state index contributed by atoms with van der Waals surface area (Å²) in [5.74, 6) is 0.583. The second-order valence-corrected chi connectivity index (χ2v) is 8.01. The molecule has 0 unspecified atom stereocenters. The van der Waals surface area contributed by atoms with Crippen molar-refractivity contribution in [3.63, 3.8) is 0 Å². The van der Waals surface area contributed by atoms with E-state index >= 15 is 0 Å². The van der Waals surface area contributed by atoms with Crippen LogP contribution in [0.15, 0.2) is 42.5 Å². The fraction of sp³-hybridized carbons (Fsp3) is 0.316. The zero-order valence-electron chi connectivity index (χ0n) is 15.4. The molecule has 1 amide bonds. The predicted molar refractivity (Wildman–Crippen MR) is 103 cm³/mol. The van der Waals surface area contributed by atoms with Crippen molar-refractivity contribution in [1.82, 2.24) is 5.32 Å². The van der Waals surface area contributed by atoms with Crippen molar-refractivity contribution >= 4 is 21.6 Å². The molecule has 0 fully saturated rings. The highest BCUT2D eigenvalue weighted by atomic mass is 32.2. The number of ether oxygens (including phenoxy) is 1. The van der Waals surface area contributed by atoms with Gasteiger partial charge in [-0.25, -0.2) is 8.42 Å². The molecule has 2 rings (SSSR count). The number of anilines is 1. The van der Waals surface area contributed by atoms with Crippen LogP contribution in [0.2, 0.25) is 0 Å². The second kappa shape index (κ2) is 8.23. The van der Waals surface area contributed by atoms with Crippen LogP contribution < -0.4 is 14.4 Å². The first kappa shape index (κ1) is 19.8. The number of nitrogens with one attached hydrogen (secondary N) is 1. The molecule has 6 nitrogen and oxygen atoms in total. The first-order valence-corrected chi connectivity index (χ1v) is 10.1. The molecule has 140 valence electrons. The fourth-order valence-electron chi connectivity index (χ4n) is 2.48. The molecule has 26 heavy (non-hydrogen) atoms. The molecule has 2 aromatic carbocycles. The average molecular weight is 376 g/mol. The number of carbonyl (C=O) groups excluding carboxylic acids is 1. The van der Waals surface area contributed by atoms with E-state index in [2.05, 4.69) is 5.32 Å². The van der Waals surface area contributed by atoms with E-state index in [0.717, 1.165) is 17.6 Å². The van der Waals surface area contributed by atoms with E-state index in [9.17, 15) is 13.2 Å². The number of nitrogens with zero attached hydrogens (tertiary/aromatic N) is 1. The van der Waals surface area contributed by atoms with Gasteiger partial charge in [0.15, 0.2) is 0 Å². The normalized spacial score (nSPS) is 11.1. The first-order valence-electron chi connectivity index (χ1n) is 8.27. The number of carbonyl (C=O) groups is 1. The van der Waals surface area contributed by atoms with Crippen LogP contribution in [0.1, 0.15) is 28.4 Å². The number of amides is 1. The Morgan fingerprint density at radius 1 is 1.15 bits per heavy atom. The highest BCUT2D eigenvalue weighted by molar-refractivity contribution is 7.92. The Hall–Kier alpha value is -2.54. The third-order valence-electron chi connectivity index (χ3n) is 3.98. The number of hydrogen-bond acceptors (Lipinski definition) is 4. The highest BCUT2D eigenvalue weighted by Crippen LogP contribution is 2.22. The van der Waals surface area contributed by atoms with Crippen LogP contribution in [0, 0.1) is 6.92 Å². The van der Waals surface area contributed by atoms with Crippen LogP contribution in [0.25, 0.3) is 0 Å². The van der Waals surface area contributed by atoms with Gasteiger partial charge < -0.3 is 10.1 Å². The van der Waals surface area contributed by atoms with Crippen LogP contribution in [0.4, 0.5) is 5.69 Å². The SMILES string of the molecule is CCOc1ccc(CNC(=O)c2ccc(N(C)S(C)(=O)=O)c(C)c2)cc1. The Morgan fingerprint density at radius 2 is 1.81 bits per heavy atom. The molecule has 2 aromatic rings. The third kappa shape index (κ3) is 4.98. The maximum Gasteiger partial charge on any atom is 0.251 e. The summed E-state index contributed by atoms with van der Waals surface area (Å²) in [5, 5.41) is 2.86. The van der Waals surface area contributed by atoms with Crippen LogP contribution in [0.3, 0.4) is 0 Å². The number of rotatable bonds is 7. The van der Waals surface area contributed by atoms with Crippen molar-refractivity contribution in [2.24, 2.45) is 0 Å². The summed E-state index contributed by atoms with van der Waals surface area (Å²) >= 11 is 0. The summed E-state index contributed by atoms with van der Waals surface area (Å²) in [6, 6.07) is 12.5. The van der Waals surface area contributed by atoms with Crippen LogP contribution >= 0.6 is 0 Å². The van der Waals surface area contributed by atoms with Gasteiger partial charge in [-0.2, -0.15) is 0 Å². The van der Waals surface area contributed by atoms with E-state index < -0.39 is 10.0 Å². The fourth-order valence-corrected chi connectivity index (χ4v) is 3.05. The summed E-state index contributed by atoms with van der Waals surface area (Å²) in [4.78, 5) is 12.4. The maximum absolute atomic E-state index is 12.4. The summed E-state index contributed by atoms with van der Waals surface area (Å²) in [6.45, 7) is 4.71. The predicted octanol–water partition coefficient (Wildman–Crippen LogP) is 2.72. The molecule has 0 aromatic heterocycles. The molecule has 0 heterocycles. The Morgan fingerprint density at radius 3 is 2.35 bits per heavy atom. The van der Waals surface area contributed by atoms with Gasteiger partial charge in [-0.3, -0.25) is 9.10 Å². The number of hydrogen-bond donors (Lipinski definition) is 1. The lowest BCUT2D eigenvalue weighted by Crippen LogP contribution is -2.26. The molecule has 1 N–H and O–H groups in total. The third-order valence-corrected chi connectivity index (χ3v) is 5.17. The molecule has 0 aliphatic carbocycles. The van der Waals surface area contributed by atoms with Gasteiger partial charge in [0.2, 0.25) is 10.0 Å². The van der Waals surface area contributed by atoms with Gasteiger partial charge in [0.1, 0.15) is 5.75 Å². The molecule has 0 radical (unpaired) electrons. The summed E-state index contributed by atoms with van der Waals surface area (Å²) in [6.07, 6.45) is 1.14. The first-order chi connectivity index (χ1) is 12.2. The van der Waals surface area contributed by atoms with Crippen molar-refractivity contribution in [2.75, 3.05) is 24.2 Å². The molecule has 0 saturated heterocycles. The second-order valence-electron chi connectivity index (χ2n) is 5.99. The van der Waals surface area contributed by atoms with Crippen molar-refractivity contribution in [2.45, 2.75) is 20.4 Å². The quantitative estimate of drug-likeness (QED) is 0.806. The number of sulfonamides is 1. The lowest BCUT2D eigenvalue weighted by atomic mass is 10.1. The van der Waals surface area contributed by atoms with E-state index in [1.165, 1.54) is 11.4 Å². The van der Waals surface area contributed by atoms with E-state index in [4.69, 9.17) is 4.74 Å². The van der Waals surface area contributed by atoms with Crippen molar-refractivity contribution < 1.29 is 17.9 Å². The molecule has 7 heteroatoms. The Bertz CT molecular complexity index is 877. The van der Waals surface area contributed by atoms with Crippen molar-refractivity contribution in [3.05, 3.63) is 59.2 Å². The van der Waals surface area contributed by atoms with E-state index in [0.29, 0.717) is 30.0 Å². The van der Waals surface area contributed by atoms with Crippen LogP contribution in [0.5, 0.6) is 5.75 Å². The average Bonchev–Trinajstić information content (AvgIpc) is 2.59. The zero-order valence-corrected chi connectivity index (χ0v) is 16.3. The molecule has 0 bridgehead atoms. The minimum Gasteiger partial charge on any atom is -0.494 e. The maximum atomic E-state index is 12.4. The van der Waals surface area contributed by atoms with Crippen LogP contribution in [-0.4, -0.2) is 34.2 Å². The van der Waals surface area contributed by atoms with E-state index in [-0.39, 0.29) is 5.91 Å². The van der Waals surface area contributed by atoms with Gasteiger partial charge in [-0.05, 0) is 55.3 Å². The van der Waals surface area contributed by atoms with E-state index in [1.807, 2.05) is 31.2 Å². The minimum absolute atomic E-state index is 0.212. The molecular formula is C19H24N2O4S. The summed E-state index contributed by atoms with van der Waals surface area (Å²) in [5.41, 5.74) is 2.72. The molecule has 0 aliphatic rings. The lowest BCUT2D eigenvalue weighted by molar-refractivity contribution is 0.0951. The Balaban J connectivity index is 2.04. The summed E-state index contributed by atoms with van der Waals surface area (Å²) in [7, 11) is -1.85. The van der Waals surface area contributed by atoms with Gasteiger partial charge in [-0.1, -0.05) is 12.1 Å². The lowest BCUT2D eigenvalue weighted by Gasteiger charge is -2.19. The van der Waals surface area contributed by atoms with Crippen molar-refractivity contribution in [1.29, 1.82) is 0 Å². The smallest absolute Gasteiger partial charge is 0.251 e. The van der Waals surface area contributed by atoms with Gasteiger partial charge >= 0.3 is 0 Å². The molecule has 0 spiro atoms. The topological polar surface area (TPSA) is 75.7 Å². The monoisotopic (exact) mass is 376 g/mol. The number of aryl methyl sites for hydroxylation is 1. The van der Waals surface area contributed by atoms with Gasteiger partial charge in [-0.15, -0.1) is 0 Å². The molecule has 0 saturated carbocycles. The zero-order chi connectivity index (χ0) is 19.3. The van der Waals surface area contributed by atoms with E-state index in [1.54, 1.807) is 25.1 Å². The van der Waals surface area contributed by atoms with Gasteiger partial charge in [0.25, 0.3) is 5.91 Å². The summed E-state index contributed by atoms with van der Waals surface area (Å²) < 4.78 is 29.9. The number of benzene rings is 2. The largest absolute Gasteiger partial charge is 0.494 e. The standard InChI is InChI=1S/C19H24N2O4S/c1-5-25-17-9-6-15(7-10-17)13-20-19(22)16-8-11-18(14(2)12-16)21(3)26(4,23)24/h6-12H,5,13H2,1-4H3,(H,20,22). The Labute approximate surface area is 154 Å². The minimum atomic E-state index is -3.34. The van der Waals surface area contributed by atoms with Gasteiger partial charge in [0.05, 0.1) is 18.6 Å². The highest BCUT2D eigenvalue weighted by Gasteiger charge is 2.15.